The van der Waals surface area contributed by atoms with Crippen LogP contribution >= 0.6 is 46.4 Å². The zero-order valence-electron chi connectivity index (χ0n) is 17.0. The molecule has 0 saturated carbocycles. The summed E-state index contributed by atoms with van der Waals surface area (Å²) < 4.78 is 5.49. The van der Waals surface area contributed by atoms with Crippen molar-refractivity contribution in [3.05, 3.63) is 73.5 Å². The molecule has 2 N–H and O–H groups in total. The number of benzene rings is 1. The summed E-state index contributed by atoms with van der Waals surface area (Å²) in [5.41, 5.74) is 0.889. The predicted octanol–water partition coefficient (Wildman–Crippen LogP) is 5.60. The minimum absolute atomic E-state index is 0.0186. The van der Waals surface area contributed by atoms with Crippen molar-refractivity contribution in [3.63, 3.8) is 0 Å². The molecule has 3 rings (SSSR count). The molecule has 2 aromatic rings. The number of aromatic nitrogens is 1. The lowest BCUT2D eigenvalue weighted by Crippen LogP contribution is -2.41. The summed E-state index contributed by atoms with van der Waals surface area (Å²) in [5.74, 6) is -2.52. The Morgan fingerprint density at radius 1 is 1.06 bits per heavy atom. The van der Waals surface area contributed by atoms with Gasteiger partial charge in [0, 0.05) is 18.8 Å². The van der Waals surface area contributed by atoms with E-state index < -0.39 is 30.0 Å². The first-order valence-electron chi connectivity index (χ1n) is 9.83. The second-order valence-corrected chi connectivity index (χ2v) is 8.94. The van der Waals surface area contributed by atoms with Gasteiger partial charge in [-0.3, -0.25) is 9.78 Å². The molecule has 0 radical (unpaired) electrons. The number of rotatable bonds is 7. The fourth-order valence-electron chi connectivity index (χ4n) is 3.38. The van der Waals surface area contributed by atoms with E-state index in [1.165, 1.54) is 24.5 Å². The maximum Gasteiger partial charge on any atom is 0.341 e. The highest BCUT2D eigenvalue weighted by atomic mass is 35.5. The normalized spacial score (nSPS) is 16.5. The minimum atomic E-state index is -1.19. The van der Waals surface area contributed by atoms with E-state index in [4.69, 9.17) is 51.1 Å². The highest BCUT2D eigenvalue weighted by molar-refractivity contribution is 6.40. The first kappa shape index (κ1) is 25.3. The lowest BCUT2D eigenvalue weighted by atomic mass is 9.92. The number of esters is 1. The molecule has 11 heteroatoms. The molecule has 1 aliphatic rings. The lowest BCUT2D eigenvalue weighted by molar-refractivity contribution is -0.139. The Morgan fingerprint density at radius 3 is 2.24 bits per heavy atom. The quantitative estimate of drug-likeness (QED) is 0.355. The Morgan fingerprint density at radius 2 is 1.70 bits per heavy atom. The lowest BCUT2D eigenvalue weighted by Gasteiger charge is -2.24. The number of ether oxygens (including phenoxy) is 1. The Labute approximate surface area is 209 Å². The molecule has 0 aliphatic heterocycles. The Balaban J connectivity index is 1.62. The predicted molar refractivity (Wildman–Crippen MR) is 125 cm³/mol. The van der Waals surface area contributed by atoms with E-state index in [0.717, 1.165) is 5.57 Å². The first-order valence-corrected chi connectivity index (χ1v) is 11.3. The number of aliphatic carboxylic acids is 1. The molecule has 1 heterocycles. The van der Waals surface area contributed by atoms with Crippen LogP contribution in [0.2, 0.25) is 20.1 Å². The van der Waals surface area contributed by atoms with Gasteiger partial charge >= 0.3 is 11.9 Å². The maximum atomic E-state index is 12.6. The molecule has 33 heavy (non-hydrogen) atoms. The number of halogens is 4. The molecule has 1 amide bonds. The van der Waals surface area contributed by atoms with E-state index >= 15 is 0 Å². The minimum Gasteiger partial charge on any atom is -0.480 e. The number of pyridine rings is 1. The number of nitrogens with one attached hydrogen (secondary N) is 1. The van der Waals surface area contributed by atoms with Crippen LogP contribution in [0.25, 0.3) is 0 Å². The van der Waals surface area contributed by atoms with Crippen molar-refractivity contribution >= 4 is 64.2 Å². The zero-order chi connectivity index (χ0) is 24.1. The molecular formula is C22H18Cl4N2O5. The molecule has 7 nitrogen and oxygen atoms in total. The van der Waals surface area contributed by atoms with Crippen molar-refractivity contribution in [2.24, 2.45) is 0 Å². The summed E-state index contributed by atoms with van der Waals surface area (Å²) in [6.07, 6.45) is 5.45. The number of carboxylic acid groups (broad SMARTS) is 1. The van der Waals surface area contributed by atoms with Crippen LogP contribution in [0.3, 0.4) is 0 Å². The van der Waals surface area contributed by atoms with Gasteiger partial charge in [-0.1, -0.05) is 64.1 Å². The number of carbonyl (C=O) groups is 3. The number of carbonyl (C=O) groups excluding carboxylic acids is 2. The molecule has 2 unspecified atom stereocenters. The van der Waals surface area contributed by atoms with Gasteiger partial charge < -0.3 is 15.2 Å². The van der Waals surface area contributed by atoms with Gasteiger partial charge in [-0.2, -0.15) is 0 Å². The van der Waals surface area contributed by atoms with Crippen LogP contribution in [0.1, 0.15) is 46.4 Å². The van der Waals surface area contributed by atoms with Crippen LogP contribution in [0.4, 0.5) is 0 Å². The summed E-state index contributed by atoms with van der Waals surface area (Å²) in [6.45, 7) is 0. The average Bonchev–Trinajstić information content (AvgIpc) is 2.74. The number of nitrogens with zero attached hydrogens (tertiary/aromatic N) is 1. The van der Waals surface area contributed by atoms with Crippen LogP contribution < -0.4 is 5.32 Å². The van der Waals surface area contributed by atoms with Crippen molar-refractivity contribution in [1.82, 2.24) is 10.3 Å². The topological polar surface area (TPSA) is 106 Å². The van der Waals surface area contributed by atoms with Crippen molar-refractivity contribution in [2.45, 2.75) is 37.8 Å². The second-order valence-electron chi connectivity index (χ2n) is 7.31. The van der Waals surface area contributed by atoms with Gasteiger partial charge in [0.25, 0.3) is 5.91 Å². The zero-order valence-corrected chi connectivity index (χ0v) is 20.0. The van der Waals surface area contributed by atoms with E-state index in [-0.39, 0.29) is 37.6 Å². The molecular weight excluding hydrogens is 514 g/mol. The van der Waals surface area contributed by atoms with Crippen LogP contribution in [0, 0.1) is 0 Å². The van der Waals surface area contributed by atoms with Crippen molar-refractivity contribution in [2.75, 3.05) is 0 Å². The Hall–Kier alpha value is -2.32. The molecule has 0 fully saturated rings. The van der Waals surface area contributed by atoms with Crippen LogP contribution in [0.5, 0.6) is 0 Å². The van der Waals surface area contributed by atoms with E-state index in [9.17, 15) is 19.5 Å². The Bertz CT molecular complexity index is 1080. The largest absolute Gasteiger partial charge is 0.480 e. The molecule has 174 valence electrons. The number of hydrogen-bond donors (Lipinski definition) is 2. The van der Waals surface area contributed by atoms with Gasteiger partial charge in [0.2, 0.25) is 0 Å². The number of carboxylic acids is 1. The SMILES string of the molecule is O=C(NC(CC1=CCC(OC(=O)c2c(Cl)cncc2Cl)CC1)C(=O)O)c1c(Cl)cccc1Cl. The van der Waals surface area contributed by atoms with E-state index in [0.29, 0.717) is 19.3 Å². The van der Waals surface area contributed by atoms with Crippen molar-refractivity contribution < 1.29 is 24.2 Å². The third-order valence-electron chi connectivity index (χ3n) is 5.05. The van der Waals surface area contributed by atoms with Gasteiger partial charge in [-0.05, 0) is 31.4 Å². The fourth-order valence-corrected chi connectivity index (χ4v) is 4.47. The fraction of sp³-hybridized carbons (Fsp3) is 0.273. The third kappa shape index (κ3) is 6.38. The second kappa shape index (κ2) is 11.2. The smallest absolute Gasteiger partial charge is 0.341 e. The summed E-state index contributed by atoms with van der Waals surface area (Å²) in [7, 11) is 0. The molecule has 1 aromatic heterocycles. The highest BCUT2D eigenvalue weighted by Gasteiger charge is 2.27. The van der Waals surface area contributed by atoms with E-state index in [1.54, 1.807) is 6.07 Å². The van der Waals surface area contributed by atoms with Gasteiger partial charge in [-0.25, -0.2) is 9.59 Å². The molecule has 1 aliphatic carbocycles. The van der Waals surface area contributed by atoms with Crippen LogP contribution in [0.15, 0.2) is 42.2 Å². The monoisotopic (exact) mass is 530 g/mol. The molecule has 1 aromatic carbocycles. The van der Waals surface area contributed by atoms with Gasteiger partial charge in [0.1, 0.15) is 12.1 Å². The molecule has 0 saturated heterocycles. The van der Waals surface area contributed by atoms with Crippen molar-refractivity contribution in [1.29, 1.82) is 0 Å². The molecule has 0 bridgehead atoms. The first-order chi connectivity index (χ1) is 15.7. The van der Waals surface area contributed by atoms with Gasteiger partial charge in [0.15, 0.2) is 0 Å². The van der Waals surface area contributed by atoms with Crippen molar-refractivity contribution in [3.8, 4) is 0 Å². The number of hydrogen-bond acceptors (Lipinski definition) is 5. The van der Waals surface area contributed by atoms with Gasteiger partial charge in [-0.15, -0.1) is 0 Å². The Kier molecular flexibility index (Phi) is 8.59. The average molecular weight is 532 g/mol. The van der Waals surface area contributed by atoms with E-state index in [1.807, 2.05) is 6.08 Å². The third-order valence-corrected chi connectivity index (χ3v) is 6.25. The highest BCUT2D eigenvalue weighted by Crippen LogP contribution is 2.29. The molecule has 2 atom stereocenters. The summed E-state index contributed by atoms with van der Waals surface area (Å²) >= 11 is 24.1. The molecule has 0 spiro atoms. The number of amides is 1. The summed E-state index contributed by atoms with van der Waals surface area (Å²) in [4.78, 5) is 40.5. The van der Waals surface area contributed by atoms with Crippen LogP contribution in [-0.4, -0.2) is 40.1 Å². The standard InChI is InChI=1S/C22H18Cl4N2O5/c23-13-2-1-3-14(24)18(13)20(29)28-17(21(30)31)8-11-4-6-12(7-5-11)33-22(32)19-15(25)9-27-10-16(19)26/h1-4,9-10,12,17H,5-8H2,(H,28,29)(H,30,31). The van der Waals surface area contributed by atoms with E-state index in [2.05, 4.69) is 10.3 Å². The maximum absolute atomic E-state index is 12.6. The summed E-state index contributed by atoms with van der Waals surface area (Å²) in [5, 5.41) is 12.5. The summed E-state index contributed by atoms with van der Waals surface area (Å²) in [6, 6.07) is 3.40. The van der Waals surface area contributed by atoms with Gasteiger partial charge in [0.05, 0.1) is 31.2 Å². The van der Waals surface area contributed by atoms with Crippen LogP contribution in [-0.2, 0) is 9.53 Å².